The Labute approximate surface area is 234 Å². The summed E-state index contributed by atoms with van der Waals surface area (Å²) in [5.41, 5.74) is 2.71. The van der Waals surface area contributed by atoms with E-state index in [0.717, 1.165) is 21.4 Å². The second-order valence-corrected chi connectivity index (χ2v) is 12.3. The number of imidazole rings is 1. The van der Waals surface area contributed by atoms with Crippen molar-refractivity contribution in [2.45, 2.75) is 4.90 Å². The lowest BCUT2D eigenvalue weighted by Crippen LogP contribution is -2.49. The molecule has 0 spiro atoms. The van der Waals surface area contributed by atoms with E-state index in [-0.39, 0.29) is 5.82 Å². The average molecular weight is 571 g/mol. The Bertz CT molecular complexity index is 1970. The number of hydrogen-bond donors (Lipinski definition) is 0. The molecule has 200 valence electrons. The first kappa shape index (κ1) is 24.8. The Morgan fingerprint density at radius 2 is 1.68 bits per heavy atom. The number of fused-ring (bicyclic) bond motifs is 2. The number of piperazine rings is 1. The van der Waals surface area contributed by atoms with E-state index < -0.39 is 10.0 Å². The van der Waals surface area contributed by atoms with Crippen molar-refractivity contribution in [1.29, 1.82) is 0 Å². The first-order chi connectivity index (χ1) is 19.5. The fraction of sp³-hybridized carbons (Fsp3) is 0.138. The van der Waals surface area contributed by atoms with Crippen LogP contribution in [0.5, 0.6) is 0 Å². The van der Waals surface area contributed by atoms with Gasteiger partial charge in [-0.2, -0.15) is 4.31 Å². The lowest BCUT2D eigenvalue weighted by Gasteiger charge is -2.34. The minimum absolute atomic E-state index is 0.315. The van der Waals surface area contributed by atoms with Crippen LogP contribution in [0.15, 0.2) is 95.5 Å². The first-order valence-corrected chi connectivity index (χ1v) is 15.1. The topological polar surface area (TPSA) is 83.7 Å². The van der Waals surface area contributed by atoms with Gasteiger partial charge in [-0.15, -0.1) is 11.3 Å². The number of benzene rings is 3. The lowest BCUT2D eigenvalue weighted by molar-refractivity contribution is 0.383. The van der Waals surface area contributed by atoms with E-state index in [2.05, 4.69) is 4.98 Å². The summed E-state index contributed by atoms with van der Waals surface area (Å²) in [6, 6.07) is 21.1. The highest BCUT2D eigenvalue weighted by Crippen LogP contribution is 2.34. The molecule has 0 radical (unpaired) electrons. The summed E-state index contributed by atoms with van der Waals surface area (Å²) in [6.07, 6.45) is 3.61. The molecule has 0 N–H and O–H groups in total. The van der Waals surface area contributed by atoms with Gasteiger partial charge in [-0.05, 0) is 29.7 Å². The van der Waals surface area contributed by atoms with E-state index in [4.69, 9.17) is 9.97 Å². The third kappa shape index (κ3) is 4.23. The molecule has 1 saturated heterocycles. The molecule has 8 nitrogen and oxygen atoms in total. The number of aromatic nitrogens is 4. The van der Waals surface area contributed by atoms with Gasteiger partial charge in [0.1, 0.15) is 11.5 Å². The van der Waals surface area contributed by atoms with Crippen LogP contribution in [0.2, 0.25) is 0 Å². The predicted octanol–water partition coefficient (Wildman–Crippen LogP) is 5.32. The lowest BCUT2D eigenvalue weighted by atomic mass is 10.1. The van der Waals surface area contributed by atoms with Crippen molar-refractivity contribution in [3.8, 4) is 22.6 Å². The summed E-state index contributed by atoms with van der Waals surface area (Å²) in [4.78, 5) is 17.2. The van der Waals surface area contributed by atoms with Crippen molar-refractivity contribution in [3.05, 3.63) is 96.4 Å². The molecule has 0 saturated carbocycles. The number of nitrogens with zero attached hydrogens (tertiary/aromatic N) is 6. The van der Waals surface area contributed by atoms with Crippen molar-refractivity contribution in [2.24, 2.45) is 0 Å². The summed E-state index contributed by atoms with van der Waals surface area (Å²) < 4.78 is 44.7. The number of hydrogen-bond acceptors (Lipinski definition) is 7. The number of thiazole rings is 1. The van der Waals surface area contributed by atoms with Gasteiger partial charge in [0.05, 0.1) is 16.3 Å². The Kier molecular flexibility index (Phi) is 6.06. The summed E-state index contributed by atoms with van der Waals surface area (Å²) in [6.45, 7) is 1.53. The van der Waals surface area contributed by atoms with Crippen LogP contribution < -0.4 is 4.90 Å². The number of sulfonamides is 1. The van der Waals surface area contributed by atoms with E-state index in [1.807, 2.05) is 63.3 Å². The molecule has 1 aliphatic rings. The number of anilines is 1. The molecule has 6 aromatic rings. The highest BCUT2D eigenvalue weighted by molar-refractivity contribution is 7.89. The summed E-state index contributed by atoms with van der Waals surface area (Å²) in [7, 11) is -3.67. The fourth-order valence-electron chi connectivity index (χ4n) is 5.19. The van der Waals surface area contributed by atoms with Crippen molar-refractivity contribution in [3.63, 3.8) is 0 Å². The maximum Gasteiger partial charge on any atom is 0.243 e. The zero-order chi connectivity index (χ0) is 27.3. The molecule has 0 unspecified atom stereocenters. The summed E-state index contributed by atoms with van der Waals surface area (Å²) in [5, 5.41) is 3.56. The van der Waals surface area contributed by atoms with Crippen LogP contribution in [0.25, 0.3) is 38.4 Å². The quantitative estimate of drug-likeness (QED) is 0.279. The largest absolute Gasteiger partial charge is 0.338 e. The van der Waals surface area contributed by atoms with Gasteiger partial charge in [-0.1, -0.05) is 48.5 Å². The normalized spacial score (nSPS) is 14.8. The van der Waals surface area contributed by atoms with Crippen LogP contribution in [-0.2, 0) is 10.0 Å². The third-order valence-corrected chi connectivity index (χ3v) is 9.85. The van der Waals surface area contributed by atoms with E-state index in [1.165, 1.54) is 27.8 Å². The Morgan fingerprint density at radius 1 is 0.875 bits per heavy atom. The highest BCUT2D eigenvalue weighted by atomic mass is 32.2. The molecule has 3 aromatic heterocycles. The van der Waals surface area contributed by atoms with Crippen molar-refractivity contribution < 1.29 is 12.8 Å². The molecule has 1 fully saturated rings. The van der Waals surface area contributed by atoms with Gasteiger partial charge in [0, 0.05) is 54.9 Å². The zero-order valence-electron chi connectivity index (χ0n) is 21.2. The maximum absolute atomic E-state index is 14.1. The molecule has 0 amide bonds. The highest BCUT2D eigenvalue weighted by Gasteiger charge is 2.31. The molecule has 1 aliphatic heterocycles. The van der Waals surface area contributed by atoms with Gasteiger partial charge < -0.3 is 4.90 Å². The van der Waals surface area contributed by atoms with Crippen LogP contribution in [0, 0.1) is 5.82 Å². The van der Waals surface area contributed by atoms with E-state index in [9.17, 15) is 12.8 Å². The molecular formula is C29H23FN6O2S2. The third-order valence-electron chi connectivity index (χ3n) is 7.13. The van der Waals surface area contributed by atoms with Crippen LogP contribution in [0.1, 0.15) is 0 Å². The zero-order valence-corrected chi connectivity index (χ0v) is 22.8. The van der Waals surface area contributed by atoms with Gasteiger partial charge in [-0.3, -0.25) is 4.40 Å². The standard InChI is InChI=1S/C29H23FN6O2S2/c30-22-8-3-7-21(19-22)26-27(36-17-18-39-29(36)33-26)24-11-12-31-28(32-24)34-13-15-35(16-14-34)40(37,38)25-10-4-6-20-5-1-2-9-23(20)25/h1-12,17-19H,13-16H2. The van der Waals surface area contributed by atoms with Crippen molar-refractivity contribution in [1.82, 2.24) is 23.7 Å². The van der Waals surface area contributed by atoms with Crippen LogP contribution in [0.4, 0.5) is 10.3 Å². The molecule has 7 rings (SSSR count). The van der Waals surface area contributed by atoms with E-state index in [0.29, 0.717) is 54.0 Å². The van der Waals surface area contributed by atoms with Gasteiger partial charge >= 0.3 is 0 Å². The first-order valence-electron chi connectivity index (χ1n) is 12.8. The smallest absolute Gasteiger partial charge is 0.243 e. The molecule has 0 atom stereocenters. The minimum Gasteiger partial charge on any atom is -0.338 e. The molecule has 3 aromatic carbocycles. The Hall–Kier alpha value is -4.19. The molecule has 0 bridgehead atoms. The monoisotopic (exact) mass is 570 g/mol. The molecule has 40 heavy (non-hydrogen) atoms. The van der Waals surface area contributed by atoms with E-state index in [1.54, 1.807) is 24.4 Å². The molecular weight excluding hydrogens is 547 g/mol. The number of rotatable bonds is 5. The number of halogens is 1. The SMILES string of the molecule is O=S(=O)(c1cccc2ccccc12)N1CCN(c2nccc(-c3c(-c4cccc(F)c4)nc4sccn34)n2)CC1. The molecule has 11 heteroatoms. The van der Waals surface area contributed by atoms with Crippen molar-refractivity contribution >= 4 is 43.0 Å². The fourth-order valence-corrected chi connectivity index (χ4v) is 7.54. The van der Waals surface area contributed by atoms with Gasteiger partial charge in [0.15, 0.2) is 4.96 Å². The van der Waals surface area contributed by atoms with Crippen LogP contribution >= 0.6 is 11.3 Å². The second-order valence-electron chi connectivity index (χ2n) is 9.49. The van der Waals surface area contributed by atoms with Crippen molar-refractivity contribution in [2.75, 3.05) is 31.1 Å². The van der Waals surface area contributed by atoms with Crippen LogP contribution in [0.3, 0.4) is 0 Å². The second kappa shape index (κ2) is 9.77. The van der Waals surface area contributed by atoms with E-state index >= 15 is 0 Å². The van der Waals surface area contributed by atoms with Gasteiger partial charge in [0.25, 0.3) is 0 Å². The predicted molar refractivity (Wildman–Crippen MR) is 154 cm³/mol. The minimum atomic E-state index is -3.67. The van der Waals surface area contributed by atoms with Gasteiger partial charge in [0.2, 0.25) is 16.0 Å². The van der Waals surface area contributed by atoms with Crippen LogP contribution in [-0.4, -0.2) is 58.3 Å². The van der Waals surface area contributed by atoms with Gasteiger partial charge in [-0.25, -0.2) is 27.8 Å². The summed E-state index contributed by atoms with van der Waals surface area (Å²) >= 11 is 1.49. The summed E-state index contributed by atoms with van der Waals surface area (Å²) in [5.74, 6) is 0.176. The average Bonchev–Trinajstić information content (AvgIpc) is 3.59. The maximum atomic E-state index is 14.1. The Morgan fingerprint density at radius 3 is 2.52 bits per heavy atom. The molecule has 0 aliphatic carbocycles. The Balaban J connectivity index is 1.17. The molecule has 4 heterocycles.